The van der Waals surface area contributed by atoms with Crippen LogP contribution in [0.3, 0.4) is 0 Å². The Bertz CT molecular complexity index is 777. The number of aryl methyl sites for hydroxylation is 1. The van der Waals surface area contributed by atoms with Gasteiger partial charge in [0.05, 0.1) is 24.1 Å². The van der Waals surface area contributed by atoms with Crippen molar-refractivity contribution >= 4 is 16.8 Å². The minimum absolute atomic E-state index is 0.0791. The Balaban J connectivity index is 1.92. The highest BCUT2D eigenvalue weighted by atomic mass is 19.4. The van der Waals surface area contributed by atoms with Gasteiger partial charge in [-0.1, -0.05) is 11.3 Å². The van der Waals surface area contributed by atoms with Gasteiger partial charge in [0.15, 0.2) is 5.58 Å². The van der Waals surface area contributed by atoms with E-state index in [-0.39, 0.29) is 11.1 Å². The van der Waals surface area contributed by atoms with E-state index in [9.17, 15) is 13.2 Å². The summed E-state index contributed by atoms with van der Waals surface area (Å²) in [7, 11) is 1.72. The summed E-state index contributed by atoms with van der Waals surface area (Å²) in [5.74, 6) is -1.26. The molecule has 0 saturated heterocycles. The maximum Gasteiger partial charge on any atom is 0.468 e. The Morgan fingerprint density at radius 3 is 2.81 bits per heavy atom. The van der Waals surface area contributed by atoms with Gasteiger partial charge < -0.3 is 9.73 Å². The lowest BCUT2D eigenvalue weighted by molar-refractivity contribution is -0.156. The summed E-state index contributed by atoms with van der Waals surface area (Å²) < 4.78 is 44.2. The number of hydrogen-bond acceptors (Lipinski definition) is 5. The fourth-order valence-corrected chi connectivity index (χ4v) is 1.87. The van der Waals surface area contributed by atoms with E-state index < -0.39 is 12.1 Å². The number of para-hydroxylation sites is 1. The predicted octanol–water partition coefficient (Wildman–Crippen LogP) is 2.59. The second-order valence-corrected chi connectivity index (χ2v) is 4.37. The number of hydrogen-bond donors (Lipinski definition) is 1. The van der Waals surface area contributed by atoms with E-state index in [4.69, 9.17) is 4.42 Å². The SMILES string of the molecule is Cn1nncc1CNc1cccc2oc(C(F)(F)F)nc12. The average Bonchev–Trinajstić information content (AvgIpc) is 3.02. The van der Waals surface area contributed by atoms with Crippen LogP contribution in [-0.2, 0) is 19.8 Å². The normalized spacial score (nSPS) is 12.0. The molecule has 9 heteroatoms. The molecule has 0 aliphatic carbocycles. The molecule has 110 valence electrons. The molecule has 0 atom stereocenters. The molecule has 0 radical (unpaired) electrons. The maximum absolute atomic E-state index is 12.6. The van der Waals surface area contributed by atoms with E-state index in [0.717, 1.165) is 5.69 Å². The highest BCUT2D eigenvalue weighted by molar-refractivity contribution is 5.86. The third-order valence-corrected chi connectivity index (χ3v) is 2.93. The van der Waals surface area contributed by atoms with Crippen LogP contribution in [0.15, 0.2) is 28.8 Å². The second-order valence-electron chi connectivity index (χ2n) is 4.37. The zero-order chi connectivity index (χ0) is 15.0. The molecule has 0 aliphatic heterocycles. The van der Waals surface area contributed by atoms with Crippen LogP contribution in [0.1, 0.15) is 11.6 Å². The summed E-state index contributed by atoms with van der Waals surface area (Å²) in [5, 5.41) is 10.5. The molecule has 1 aromatic carbocycles. The van der Waals surface area contributed by atoms with E-state index in [1.54, 1.807) is 30.1 Å². The van der Waals surface area contributed by atoms with Crippen molar-refractivity contribution in [2.75, 3.05) is 5.32 Å². The summed E-state index contributed by atoms with van der Waals surface area (Å²) in [6, 6.07) is 4.67. The minimum Gasteiger partial charge on any atom is -0.433 e. The molecule has 0 bridgehead atoms. The summed E-state index contributed by atoms with van der Waals surface area (Å²) >= 11 is 0. The van der Waals surface area contributed by atoms with Crippen LogP contribution in [0.2, 0.25) is 0 Å². The lowest BCUT2D eigenvalue weighted by Gasteiger charge is -2.05. The minimum atomic E-state index is -4.61. The van der Waals surface area contributed by atoms with E-state index >= 15 is 0 Å². The molecule has 0 spiro atoms. The molecule has 3 aromatic rings. The third kappa shape index (κ3) is 2.54. The topological polar surface area (TPSA) is 68.8 Å². The van der Waals surface area contributed by atoms with Crippen molar-refractivity contribution in [1.29, 1.82) is 0 Å². The fourth-order valence-electron chi connectivity index (χ4n) is 1.87. The predicted molar refractivity (Wildman–Crippen MR) is 67.3 cm³/mol. The lowest BCUT2D eigenvalue weighted by Crippen LogP contribution is -2.06. The Morgan fingerprint density at radius 2 is 2.14 bits per heavy atom. The first-order chi connectivity index (χ1) is 9.95. The first-order valence-corrected chi connectivity index (χ1v) is 5.99. The van der Waals surface area contributed by atoms with Crippen LogP contribution in [0.25, 0.3) is 11.1 Å². The van der Waals surface area contributed by atoms with Crippen molar-refractivity contribution in [2.45, 2.75) is 12.7 Å². The van der Waals surface area contributed by atoms with Crippen molar-refractivity contribution in [3.8, 4) is 0 Å². The van der Waals surface area contributed by atoms with Gasteiger partial charge in [0.2, 0.25) is 0 Å². The largest absolute Gasteiger partial charge is 0.468 e. The molecule has 0 amide bonds. The van der Waals surface area contributed by atoms with Gasteiger partial charge in [-0.15, -0.1) is 5.10 Å². The molecule has 2 aromatic heterocycles. The molecule has 2 heterocycles. The summed E-state index contributed by atoms with van der Waals surface area (Å²) in [6.07, 6.45) is -3.04. The number of alkyl halides is 3. The average molecular weight is 297 g/mol. The lowest BCUT2D eigenvalue weighted by atomic mass is 10.2. The number of fused-ring (bicyclic) bond motifs is 1. The molecule has 1 N–H and O–H groups in total. The van der Waals surface area contributed by atoms with Gasteiger partial charge in [0.1, 0.15) is 5.52 Å². The Labute approximate surface area is 116 Å². The molecular formula is C12H10F3N5O. The fraction of sp³-hybridized carbons (Fsp3) is 0.250. The van der Waals surface area contributed by atoms with E-state index in [0.29, 0.717) is 12.2 Å². The summed E-state index contributed by atoms with van der Waals surface area (Å²) in [5.41, 5.74) is 1.45. The number of nitrogens with one attached hydrogen (secondary N) is 1. The second kappa shape index (κ2) is 4.76. The quantitative estimate of drug-likeness (QED) is 0.804. The van der Waals surface area contributed by atoms with Crippen molar-refractivity contribution < 1.29 is 17.6 Å². The van der Waals surface area contributed by atoms with Crippen molar-refractivity contribution in [3.05, 3.63) is 36.0 Å². The van der Waals surface area contributed by atoms with Gasteiger partial charge >= 0.3 is 12.1 Å². The van der Waals surface area contributed by atoms with E-state index in [1.165, 1.54) is 6.07 Å². The van der Waals surface area contributed by atoms with Gasteiger partial charge in [0.25, 0.3) is 0 Å². The van der Waals surface area contributed by atoms with Crippen LogP contribution in [0, 0.1) is 0 Å². The van der Waals surface area contributed by atoms with Gasteiger partial charge in [-0.3, -0.25) is 4.68 Å². The smallest absolute Gasteiger partial charge is 0.433 e. The van der Waals surface area contributed by atoms with E-state index in [1.807, 2.05) is 0 Å². The third-order valence-electron chi connectivity index (χ3n) is 2.93. The first-order valence-electron chi connectivity index (χ1n) is 5.99. The van der Waals surface area contributed by atoms with Crippen LogP contribution < -0.4 is 5.32 Å². The number of rotatable bonds is 3. The number of halogens is 3. The van der Waals surface area contributed by atoms with Gasteiger partial charge in [-0.25, -0.2) is 4.98 Å². The highest BCUT2D eigenvalue weighted by Gasteiger charge is 2.37. The van der Waals surface area contributed by atoms with Crippen LogP contribution >= 0.6 is 0 Å². The standard InChI is InChI=1S/C12H10F3N5O/c1-20-7(6-17-19-20)5-16-8-3-2-4-9-10(8)18-11(21-9)12(13,14)15/h2-4,6,16H,5H2,1H3. The first kappa shape index (κ1) is 13.4. The molecule has 0 unspecified atom stereocenters. The Morgan fingerprint density at radius 1 is 1.33 bits per heavy atom. The molecule has 0 fully saturated rings. The van der Waals surface area contributed by atoms with Gasteiger partial charge in [0, 0.05) is 7.05 Å². The summed E-state index contributed by atoms with van der Waals surface area (Å²) in [6.45, 7) is 0.358. The zero-order valence-electron chi connectivity index (χ0n) is 10.8. The van der Waals surface area contributed by atoms with E-state index in [2.05, 4.69) is 20.6 Å². The molecule has 6 nitrogen and oxygen atoms in total. The molecule has 3 rings (SSSR count). The highest BCUT2D eigenvalue weighted by Crippen LogP contribution is 2.33. The molecular weight excluding hydrogens is 287 g/mol. The summed E-state index contributed by atoms with van der Waals surface area (Å²) in [4.78, 5) is 3.51. The van der Waals surface area contributed by atoms with Crippen LogP contribution in [-0.4, -0.2) is 20.0 Å². The number of nitrogens with zero attached hydrogens (tertiary/aromatic N) is 4. The Kier molecular flexibility index (Phi) is 3.04. The molecule has 21 heavy (non-hydrogen) atoms. The van der Waals surface area contributed by atoms with Gasteiger partial charge in [-0.05, 0) is 12.1 Å². The number of aromatic nitrogens is 4. The molecule has 0 aliphatic rings. The van der Waals surface area contributed by atoms with Crippen LogP contribution in [0.5, 0.6) is 0 Å². The monoisotopic (exact) mass is 297 g/mol. The maximum atomic E-state index is 12.6. The molecule has 0 saturated carbocycles. The van der Waals surface area contributed by atoms with Crippen molar-refractivity contribution in [3.63, 3.8) is 0 Å². The van der Waals surface area contributed by atoms with Crippen LogP contribution in [0.4, 0.5) is 18.9 Å². The zero-order valence-corrected chi connectivity index (χ0v) is 10.8. The van der Waals surface area contributed by atoms with Gasteiger partial charge in [-0.2, -0.15) is 13.2 Å². The number of benzene rings is 1. The number of oxazole rings is 1. The number of anilines is 1. The van der Waals surface area contributed by atoms with Crippen molar-refractivity contribution in [1.82, 2.24) is 20.0 Å². The van der Waals surface area contributed by atoms with Crippen molar-refractivity contribution in [2.24, 2.45) is 7.05 Å². The Hall–Kier alpha value is -2.58.